The van der Waals surface area contributed by atoms with E-state index < -0.39 is 11.5 Å². The van der Waals surface area contributed by atoms with Crippen LogP contribution in [-0.4, -0.2) is 15.5 Å². The van der Waals surface area contributed by atoms with E-state index in [0.29, 0.717) is 11.3 Å². The van der Waals surface area contributed by atoms with Crippen molar-refractivity contribution >= 4 is 47.3 Å². The highest BCUT2D eigenvalue weighted by molar-refractivity contribution is 6.33. The third kappa shape index (κ3) is 5.04. The molecular formula is C19H16Cl3N3O3. The lowest BCUT2D eigenvalue weighted by atomic mass is 10.1. The van der Waals surface area contributed by atoms with Gasteiger partial charge in [0, 0.05) is 11.3 Å². The van der Waals surface area contributed by atoms with Gasteiger partial charge in [0.05, 0.1) is 5.69 Å². The number of carbonyl (C=O) groups excluding carboxylic acids is 1. The first-order chi connectivity index (χ1) is 13.0. The SMILES string of the molecule is Cl.Nc1cccc(-c2c(Cl)nc(Cl)c(=O)n2CC(=O)OCc2ccccc2)c1. The van der Waals surface area contributed by atoms with E-state index in [4.69, 9.17) is 33.7 Å². The molecule has 6 nitrogen and oxygen atoms in total. The first-order valence-electron chi connectivity index (χ1n) is 7.97. The quantitative estimate of drug-likeness (QED) is 0.479. The smallest absolute Gasteiger partial charge is 0.326 e. The largest absolute Gasteiger partial charge is 0.459 e. The predicted octanol–water partition coefficient (Wildman–Crippen LogP) is 3.96. The van der Waals surface area contributed by atoms with Crippen LogP contribution in [0.15, 0.2) is 59.4 Å². The second-order valence-corrected chi connectivity index (χ2v) is 6.42. The molecular weight excluding hydrogens is 425 g/mol. The Labute approximate surface area is 177 Å². The van der Waals surface area contributed by atoms with Crippen LogP contribution < -0.4 is 11.3 Å². The van der Waals surface area contributed by atoms with Gasteiger partial charge < -0.3 is 10.5 Å². The average molecular weight is 441 g/mol. The van der Waals surface area contributed by atoms with Crippen molar-refractivity contribution in [1.82, 2.24) is 9.55 Å². The molecule has 0 aliphatic heterocycles. The van der Waals surface area contributed by atoms with Gasteiger partial charge in [-0.25, -0.2) is 4.98 Å². The summed E-state index contributed by atoms with van der Waals surface area (Å²) in [7, 11) is 0. The van der Waals surface area contributed by atoms with Crippen molar-refractivity contribution < 1.29 is 9.53 Å². The summed E-state index contributed by atoms with van der Waals surface area (Å²) in [6, 6.07) is 15.9. The highest BCUT2D eigenvalue weighted by Crippen LogP contribution is 2.27. The molecule has 0 saturated heterocycles. The second kappa shape index (κ2) is 9.59. The third-order valence-electron chi connectivity index (χ3n) is 3.77. The van der Waals surface area contributed by atoms with E-state index in [1.165, 1.54) is 0 Å². The number of nitrogen functional groups attached to an aromatic ring is 1. The lowest BCUT2D eigenvalue weighted by Gasteiger charge is -2.14. The highest BCUT2D eigenvalue weighted by Gasteiger charge is 2.19. The van der Waals surface area contributed by atoms with E-state index in [-0.39, 0.29) is 41.6 Å². The Kier molecular flexibility index (Phi) is 7.45. The van der Waals surface area contributed by atoms with Crippen LogP contribution in [0.5, 0.6) is 0 Å². The number of hydrogen-bond donors (Lipinski definition) is 1. The van der Waals surface area contributed by atoms with E-state index in [9.17, 15) is 9.59 Å². The molecule has 3 rings (SSSR count). The molecule has 0 bridgehead atoms. The number of rotatable bonds is 5. The summed E-state index contributed by atoms with van der Waals surface area (Å²) in [5, 5.41) is -0.343. The summed E-state index contributed by atoms with van der Waals surface area (Å²) in [5.41, 5.74) is 7.26. The van der Waals surface area contributed by atoms with Gasteiger partial charge in [0.25, 0.3) is 5.56 Å². The van der Waals surface area contributed by atoms with Crippen LogP contribution in [0.4, 0.5) is 5.69 Å². The molecule has 2 N–H and O–H groups in total. The fourth-order valence-corrected chi connectivity index (χ4v) is 3.06. The lowest BCUT2D eigenvalue weighted by molar-refractivity contribution is -0.145. The first kappa shape index (κ1) is 21.8. The van der Waals surface area contributed by atoms with Gasteiger partial charge in [-0.2, -0.15) is 0 Å². The standard InChI is InChI=1S/C19H15Cl2N3O3.ClH/c20-17-16(13-7-4-8-14(22)9-13)24(19(26)18(21)23-17)10-15(25)27-11-12-5-2-1-3-6-12;/h1-9H,10-11,22H2;1H. The van der Waals surface area contributed by atoms with Gasteiger partial charge in [-0.05, 0) is 17.7 Å². The summed E-state index contributed by atoms with van der Waals surface area (Å²) in [4.78, 5) is 28.6. The van der Waals surface area contributed by atoms with Crippen molar-refractivity contribution in [1.29, 1.82) is 0 Å². The zero-order valence-corrected chi connectivity index (χ0v) is 16.8. The van der Waals surface area contributed by atoms with E-state index in [1.807, 2.05) is 30.3 Å². The fourth-order valence-electron chi connectivity index (χ4n) is 2.54. The summed E-state index contributed by atoms with van der Waals surface area (Å²) < 4.78 is 6.39. The molecule has 3 aromatic rings. The minimum atomic E-state index is -0.643. The molecule has 0 unspecified atom stereocenters. The first-order valence-corrected chi connectivity index (χ1v) is 8.72. The zero-order valence-electron chi connectivity index (χ0n) is 14.5. The molecule has 0 radical (unpaired) electrons. The van der Waals surface area contributed by atoms with Gasteiger partial charge in [-0.15, -0.1) is 12.4 Å². The van der Waals surface area contributed by atoms with Gasteiger partial charge in [-0.3, -0.25) is 14.2 Å². The number of carbonyl (C=O) groups is 1. The number of aromatic nitrogens is 2. The Hall–Kier alpha value is -2.54. The van der Waals surface area contributed by atoms with E-state index in [2.05, 4.69) is 4.98 Å². The maximum Gasteiger partial charge on any atom is 0.326 e. The van der Waals surface area contributed by atoms with E-state index in [1.54, 1.807) is 24.3 Å². The highest BCUT2D eigenvalue weighted by atomic mass is 35.5. The van der Waals surface area contributed by atoms with Crippen LogP contribution in [0.2, 0.25) is 10.3 Å². The molecule has 146 valence electrons. The molecule has 0 fully saturated rings. The van der Waals surface area contributed by atoms with E-state index >= 15 is 0 Å². The van der Waals surface area contributed by atoms with Crippen LogP contribution in [0, 0.1) is 0 Å². The second-order valence-electron chi connectivity index (χ2n) is 5.71. The third-order valence-corrected chi connectivity index (χ3v) is 4.28. The van der Waals surface area contributed by atoms with Crippen LogP contribution in [0.3, 0.4) is 0 Å². The van der Waals surface area contributed by atoms with Crippen molar-refractivity contribution in [2.24, 2.45) is 0 Å². The maximum atomic E-state index is 12.5. The number of esters is 1. The number of ether oxygens (including phenoxy) is 1. The molecule has 0 atom stereocenters. The van der Waals surface area contributed by atoms with Crippen molar-refractivity contribution in [3.8, 4) is 11.3 Å². The topological polar surface area (TPSA) is 87.2 Å². The van der Waals surface area contributed by atoms with Crippen LogP contribution in [0.1, 0.15) is 5.56 Å². The summed E-state index contributed by atoms with van der Waals surface area (Å²) in [5.74, 6) is -0.607. The van der Waals surface area contributed by atoms with Crippen molar-refractivity contribution in [2.75, 3.05) is 5.73 Å². The molecule has 0 amide bonds. The summed E-state index contributed by atoms with van der Waals surface area (Å²) in [6.45, 7) is -0.271. The van der Waals surface area contributed by atoms with Gasteiger partial charge in [0.15, 0.2) is 10.3 Å². The molecule has 0 spiro atoms. The zero-order chi connectivity index (χ0) is 19.4. The number of hydrogen-bond acceptors (Lipinski definition) is 5. The molecule has 0 aliphatic carbocycles. The molecule has 0 saturated carbocycles. The Morgan fingerprint density at radius 2 is 1.79 bits per heavy atom. The Morgan fingerprint density at radius 3 is 2.46 bits per heavy atom. The maximum absolute atomic E-state index is 12.5. The molecule has 0 aliphatic rings. The molecule has 1 aromatic heterocycles. The minimum Gasteiger partial charge on any atom is -0.459 e. The van der Waals surface area contributed by atoms with Crippen LogP contribution >= 0.6 is 35.6 Å². The average Bonchev–Trinajstić information content (AvgIpc) is 2.65. The van der Waals surface area contributed by atoms with E-state index in [0.717, 1.165) is 10.1 Å². The molecule has 1 heterocycles. The predicted molar refractivity (Wildman–Crippen MR) is 112 cm³/mol. The summed E-state index contributed by atoms with van der Waals surface area (Å²) in [6.07, 6.45) is 0. The number of nitrogens with two attached hydrogens (primary N) is 1. The molecule has 9 heteroatoms. The molecule has 2 aromatic carbocycles. The normalized spacial score (nSPS) is 10.2. The van der Waals surface area contributed by atoms with Gasteiger partial charge in [0.1, 0.15) is 13.2 Å². The van der Waals surface area contributed by atoms with Crippen molar-refractivity contribution in [3.63, 3.8) is 0 Å². The van der Waals surface area contributed by atoms with Crippen LogP contribution in [0.25, 0.3) is 11.3 Å². The number of nitrogens with zero attached hydrogens (tertiary/aromatic N) is 2. The Morgan fingerprint density at radius 1 is 1.07 bits per heavy atom. The van der Waals surface area contributed by atoms with Crippen molar-refractivity contribution in [2.45, 2.75) is 13.2 Å². The van der Waals surface area contributed by atoms with Crippen molar-refractivity contribution in [3.05, 3.63) is 80.8 Å². The lowest BCUT2D eigenvalue weighted by Crippen LogP contribution is -2.28. The van der Waals surface area contributed by atoms with Gasteiger partial charge in [0.2, 0.25) is 0 Å². The number of anilines is 1. The monoisotopic (exact) mass is 439 g/mol. The van der Waals surface area contributed by atoms with Gasteiger partial charge >= 0.3 is 5.97 Å². The Bertz CT molecular complexity index is 1040. The van der Waals surface area contributed by atoms with Gasteiger partial charge in [-0.1, -0.05) is 65.7 Å². The number of halogens is 3. The number of benzene rings is 2. The fraction of sp³-hybridized carbons (Fsp3) is 0.105. The van der Waals surface area contributed by atoms with Crippen LogP contribution in [-0.2, 0) is 22.7 Å². The Balaban J connectivity index is 0.00000280. The summed E-state index contributed by atoms with van der Waals surface area (Å²) >= 11 is 12.1. The molecule has 28 heavy (non-hydrogen) atoms. The minimum absolute atomic E-state index is 0.